The van der Waals surface area contributed by atoms with Crippen LogP contribution in [0.2, 0.25) is 0 Å². The summed E-state index contributed by atoms with van der Waals surface area (Å²) in [5.74, 6) is 0.811. The van der Waals surface area contributed by atoms with Crippen molar-refractivity contribution < 1.29 is 0 Å². The highest BCUT2D eigenvalue weighted by molar-refractivity contribution is 7.13. The van der Waals surface area contributed by atoms with E-state index in [1.165, 1.54) is 0 Å². The number of anilines is 2. The molecule has 0 aliphatic carbocycles. The van der Waals surface area contributed by atoms with Gasteiger partial charge in [-0.25, -0.2) is 9.97 Å². The average Bonchev–Trinajstić information content (AvgIpc) is 2.68. The van der Waals surface area contributed by atoms with Crippen molar-refractivity contribution in [2.75, 3.05) is 11.9 Å². The van der Waals surface area contributed by atoms with Crippen molar-refractivity contribution in [3.05, 3.63) is 35.5 Å². The molecule has 4 nitrogen and oxygen atoms in total. The van der Waals surface area contributed by atoms with Gasteiger partial charge < -0.3 is 11.1 Å². The van der Waals surface area contributed by atoms with Crippen LogP contribution in [-0.4, -0.2) is 16.5 Å². The second-order valence-corrected chi connectivity index (χ2v) is 3.88. The van der Waals surface area contributed by atoms with Gasteiger partial charge in [0.25, 0.3) is 0 Å². The van der Waals surface area contributed by atoms with Crippen LogP contribution >= 0.6 is 11.3 Å². The molecule has 3 N–H and O–H groups in total. The van der Waals surface area contributed by atoms with Crippen LogP contribution in [0.3, 0.4) is 0 Å². The van der Waals surface area contributed by atoms with Gasteiger partial charge in [0.2, 0.25) is 0 Å². The highest BCUT2D eigenvalue weighted by Gasteiger charge is 2.01. The number of thiazole rings is 1. The van der Waals surface area contributed by atoms with Crippen LogP contribution in [0.4, 0.5) is 10.9 Å². The molecule has 0 saturated carbocycles. The molecule has 0 unspecified atom stereocenters. The summed E-state index contributed by atoms with van der Waals surface area (Å²) in [6.45, 7) is 0.632. The Bertz CT molecular complexity index is 412. The number of rotatable bonds is 4. The minimum atomic E-state index is 0.632. The zero-order valence-corrected chi connectivity index (χ0v) is 9.00. The molecule has 2 aromatic heterocycles. The monoisotopic (exact) mass is 220 g/mol. The smallest absolute Gasteiger partial charge is 0.188 e. The first-order valence-corrected chi connectivity index (χ1v) is 5.59. The van der Waals surface area contributed by atoms with Gasteiger partial charge in [-0.15, -0.1) is 11.3 Å². The first kappa shape index (κ1) is 10.1. The average molecular weight is 220 g/mol. The number of hydrogen-bond acceptors (Lipinski definition) is 5. The fraction of sp³-hybridized carbons (Fsp3) is 0.200. The SMILES string of the molecule is NCCc1csc(Nc2ccccn2)n1. The van der Waals surface area contributed by atoms with Crippen molar-refractivity contribution in [1.82, 2.24) is 9.97 Å². The molecule has 0 radical (unpaired) electrons. The Morgan fingerprint density at radius 1 is 1.40 bits per heavy atom. The summed E-state index contributed by atoms with van der Waals surface area (Å²) in [4.78, 5) is 8.54. The van der Waals surface area contributed by atoms with Crippen LogP contribution in [-0.2, 0) is 6.42 Å². The van der Waals surface area contributed by atoms with Gasteiger partial charge in [0.1, 0.15) is 5.82 Å². The van der Waals surface area contributed by atoms with Crippen LogP contribution in [0.5, 0.6) is 0 Å². The van der Waals surface area contributed by atoms with Gasteiger partial charge in [-0.2, -0.15) is 0 Å². The van der Waals surface area contributed by atoms with Gasteiger partial charge in [-0.05, 0) is 18.7 Å². The largest absolute Gasteiger partial charge is 0.330 e. The summed E-state index contributed by atoms with van der Waals surface area (Å²) < 4.78 is 0. The van der Waals surface area contributed by atoms with Crippen molar-refractivity contribution in [2.24, 2.45) is 5.73 Å². The Hall–Kier alpha value is -1.46. The standard InChI is InChI=1S/C10H12N4S/c11-5-4-8-7-15-10(13-8)14-9-3-1-2-6-12-9/h1-3,6-7H,4-5,11H2,(H,12,13,14). The molecule has 0 spiro atoms. The van der Waals surface area contributed by atoms with E-state index in [0.29, 0.717) is 6.54 Å². The van der Waals surface area contributed by atoms with E-state index < -0.39 is 0 Å². The van der Waals surface area contributed by atoms with Crippen LogP contribution in [0.1, 0.15) is 5.69 Å². The molecule has 0 aliphatic rings. The Morgan fingerprint density at radius 3 is 3.07 bits per heavy atom. The third-order valence-corrected chi connectivity index (χ3v) is 2.66. The molecule has 78 valence electrons. The highest BCUT2D eigenvalue weighted by Crippen LogP contribution is 2.19. The number of aromatic nitrogens is 2. The third-order valence-electron chi connectivity index (χ3n) is 1.85. The van der Waals surface area contributed by atoms with Gasteiger partial charge in [0.05, 0.1) is 5.69 Å². The van der Waals surface area contributed by atoms with E-state index in [9.17, 15) is 0 Å². The molecule has 0 saturated heterocycles. The number of hydrogen-bond donors (Lipinski definition) is 2. The molecule has 0 aromatic carbocycles. The fourth-order valence-electron chi connectivity index (χ4n) is 1.17. The molecule has 15 heavy (non-hydrogen) atoms. The molecular formula is C10H12N4S. The van der Waals surface area contributed by atoms with Crippen LogP contribution < -0.4 is 11.1 Å². The van der Waals surface area contributed by atoms with Gasteiger partial charge >= 0.3 is 0 Å². The molecular weight excluding hydrogens is 208 g/mol. The van der Waals surface area contributed by atoms with Crippen molar-refractivity contribution in [3.8, 4) is 0 Å². The van der Waals surface area contributed by atoms with E-state index >= 15 is 0 Å². The van der Waals surface area contributed by atoms with Crippen molar-refractivity contribution in [1.29, 1.82) is 0 Å². The lowest BCUT2D eigenvalue weighted by atomic mass is 10.3. The molecule has 0 aliphatic heterocycles. The topological polar surface area (TPSA) is 63.8 Å². The van der Waals surface area contributed by atoms with Crippen molar-refractivity contribution >= 4 is 22.3 Å². The first-order chi connectivity index (χ1) is 7.38. The zero-order valence-electron chi connectivity index (χ0n) is 8.18. The van der Waals surface area contributed by atoms with Crippen molar-refractivity contribution in [3.63, 3.8) is 0 Å². The van der Waals surface area contributed by atoms with Crippen molar-refractivity contribution in [2.45, 2.75) is 6.42 Å². The van der Waals surface area contributed by atoms with E-state index in [0.717, 1.165) is 23.1 Å². The fourth-order valence-corrected chi connectivity index (χ4v) is 1.93. The van der Waals surface area contributed by atoms with E-state index in [2.05, 4.69) is 15.3 Å². The predicted octanol–water partition coefficient (Wildman–Crippen LogP) is 1.78. The molecule has 2 heterocycles. The second kappa shape index (κ2) is 4.86. The lowest BCUT2D eigenvalue weighted by Crippen LogP contribution is -2.02. The van der Waals surface area contributed by atoms with Gasteiger partial charge in [-0.1, -0.05) is 6.07 Å². The van der Waals surface area contributed by atoms with Crippen LogP contribution in [0, 0.1) is 0 Å². The summed E-state index contributed by atoms with van der Waals surface area (Å²) in [5, 5.41) is 6.01. The molecule has 5 heteroatoms. The maximum absolute atomic E-state index is 5.45. The summed E-state index contributed by atoms with van der Waals surface area (Å²) in [6.07, 6.45) is 2.57. The number of pyridine rings is 1. The van der Waals surface area contributed by atoms with Crippen LogP contribution in [0.15, 0.2) is 29.8 Å². The maximum Gasteiger partial charge on any atom is 0.188 e. The maximum atomic E-state index is 5.45. The quantitative estimate of drug-likeness (QED) is 0.824. The Morgan fingerprint density at radius 2 is 2.33 bits per heavy atom. The minimum absolute atomic E-state index is 0.632. The summed E-state index contributed by atoms with van der Waals surface area (Å²) in [6, 6.07) is 5.72. The molecule has 0 atom stereocenters. The van der Waals surface area contributed by atoms with Gasteiger partial charge in [0.15, 0.2) is 5.13 Å². The second-order valence-electron chi connectivity index (χ2n) is 3.02. The lowest BCUT2D eigenvalue weighted by Gasteiger charge is -1.99. The summed E-state index contributed by atoms with van der Waals surface area (Å²) >= 11 is 1.57. The summed E-state index contributed by atoms with van der Waals surface area (Å²) in [7, 11) is 0. The zero-order chi connectivity index (χ0) is 10.5. The molecule has 0 bridgehead atoms. The number of nitrogens with one attached hydrogen (secondary N) is 1. The van der Waals surface area contributed by atoms with E-state index in [1.807, 2.05) is 23.6 Å². The van der Waals surface area contributed by atoms with E-state index in [-0.39, 0.29) is 0 Å². The normalized spacial score (nSPS) is 10.2. The van der Waals surface area contributed by atoms with E-state index in [1.54, 1.807) is 17.5 Å². The third kappa shape index (κ3) is 2.74. The summed E-state index contributed by atoms with van der Waals surface area (Å²) in [5.41, 5.74) is 6.48. The highest BCUT2D eigenvalue weighted by atomic mass is 32.1. The lowest BCUT2D eigenvalue weighted by molar-refractivity contribution is 0.936. The van der Waals surface area contributed by atoms with Gasteiger partial charge in [-0.3, -0.25) is 0 Å². The molecule has 0 fully saturated rings. The molecule has 2 aromatic rings. The Kier molecular flexibility index (Phi) is 3.26. The van der Waals surface area contributed by atoms with Crippen LogP contribution in [0.25, 0.3) is 0 Å². The van der Waals surface area contributed by atoms with Gasteiger partial charge in [0, 0.05) is 18.0 Å². The van der Waals surface area contributed by atoms with E-state index in [4.69, 9.17) is 5.73 Å². The Labute approximate surface area is 92.2 Å². The first-order valence-electron chi connectivity index (χ1n) is 4.71. The number of nitrogens with two attached hydrogens (primary N) is 1. The minimum Gasteiger partial charge on any atom is -0.330 e. The molecule has 2 rings (SSSR count). The Balaban J connectivity index is 2.05. The molecule has 0 amide bonds. The number of nitrogens with zero attached hydrogens (tertiary/aromatic N) is 2. The predicted molar refractivity (Wildman–Crippen MR) is 62.4 cm³/mol.